The van der Waals surface area contributed by atoms with Gasteiger partial charge in [-0.3, -0.25) is 14.5 Å². The first-order valence-electron chi connectivity index (χ1n) is 10.5. The molecule has 1 fully saturated rings. The van der Waals surface area contributed by atoms with Gasteiger partial charge in [0.1, 0.15) is 0 Å². The van der Waals surface area contributed by atoms with E-state index < -0.39 is 0 Å². The number of nitrogens with zero attached hydrogens (tertiary/aromatic N) is 2. The minimum atomic E-state index is -0.249. The summed E-state index contributed by atoms with van der Waals surface area (Å²) < 4.78 is 2.03. The van der Waals surface area contributed by atoms with E-state index in [-0.39, 0.29) is 17.7 Å². The van der Waals surface area contributed by atoms with Gasteiger partial charge in [-0.2, -0.15) is 0 Å². The summed E-state index contributed by atoms with van der Waals surface area (Å²) in [5, 5.41) is 1.92. The van der Waals surface area contributed by atoms with Gasteiger partial charge in [0.2, 0.25) is 0 Å². The van der Waals surface area contributed by atoms with E-state index in [4.69, 9.17) is 0 Å². The number of aryl methyl sites for hydroxylation is 2. The number of benzene rings is 3. The number of hydrogen-bond acceptors (Lipinski definition) is 3. The summed E-state index contributed by atoms with van der Waals surface area (Å²) in [4.78, 5) is 27.6. The summed E-state index contributed by atoms with van der Waals surface area (Å²) in [7, 11) is 0. The topological polar surface area (TPSA) is 42.3 Å². The van der Waals surface area contributed by atoms with E-state index >= 15 is 0 Å². The maximum absolute atomic E-state index is 13.1. The van der Waals surface area contributed by atoms with Crippen molar-refractivity contribution < 1.29 is 9.59 Å². The predicted octanol–water partition coefficient (Wildman–Crippen LogP) is 6.48. The number of rotatable bonds is 4. The van der Waals surface area contributed by atoms with Gasteiger partial charge in [0.15, 0.2) is 0 Å². The summed E-state index contributed by atoms with van der Waals surface area (Å²) in [6.07, 6.45) is 3.78. The highest BCUT2D eigenvalue weighted by atomic mass is 32.2. The van der Waals surface area contributed by atoms with Crippen LogP contribution in [0, 0.1) is 13.8 Å². The fourth-order valence-corrected chi connectivity index (χ4v) is 4.82. The number of hydrogen-bond donors (Lipinski definition) is 0. The lowest BCUT2D eigenvalue weighted by Gasteiger charge is -2.14. The molecule has 32 heavy (non-hydrogen) atoms. The zero-order chi connectivity index (χ0) is 22.2. The third-order valence-electron chi connectivity index (χ3n) is 5.91. The van der Waals surface area contributed by atoms with Gasteiger partial charge < -0.3 is 4.57 Å². The molecule has 1 saturated heterocycles. The van der Waals surface area contributed by atoms with Crippen molar-refractivity contribution in [1.29, 1.82) is 0 Å². The van der Waals surface area contributed by atoms with Crippen LogP contribution in [0.2, 0.25) is 0 Å². The number of imide groups is 1. The summed E-state index contributed by atoms with van der Waals surface area (Å²) >= 11 is 0.999. The molecule has 0 radical (unpaired) electrons. The Morgan fingerprint density at radius 3 is 2.53 bits per heavy atom. The van der Waals surface area contributed by atoms with E-state index in [1.54, 1.807) is 0 Å². The van der Waals surface area contributed by atoms with Crippen molar-refractivity contribution in [2.75, 3.05) is 0 Å². The van der Waals surface area contributed by atoms with Gasteiger partial charge in [0, 0.05) is 17.6 Å². The maximum atomic E-state index is 13.1. The second kappa shape index (κ2) is 8.17. The highest BCUT2D eigenvalue weighted by molar-refractivity contribution is 8.18. The zero-order valence-electron chi connectivity index (χ0n) is 17.9. The van der Waals surface area contributed by atoms with Crippen LogP contribution in [0.25, 0.3) is 22.5 Å². The molecule has 0 atom stereocenters. The van der Waals surface area contributed by atoms with Crippen LogP contribution in [0.1, 0.15) is 22.4 Å². The highest BCUT2D eigenvalue weighted by Crippen LogP contribution is 2.34. The SMILES string of the molecule is Cc1ccc(-n2cccc2/C=C2/SC(=O)N(Cc3cccc4ccccc34)C2=O)cc1C. The van der Waals surface area contributed by atoms with Gasteiger partial charge >= 0.3 is 0 Å². The van der Waals surface area contributed by atoms with Crippen LogP contribution >= 0.6 is 11.8 Å². The first-order valence-corrected chi connectivity index (χ1v) is 11.3. The molecule has 158 valence electrons. The molecule has 1 aromatic heterocycles. The molecule has 2 heterocycles. The molecule has 0 spiro atoms. The van der Waals surface area contributed by atoms with Crippen molar-refractivity contribution in [3.63, 3.8) is 0 Å². The molecule has 1 aliphatic heterocycles. The van der Waals surface area contributed by atoms with E-state index in [2.05, 4.69) is 32.0 Å². The maximum Gasteiger partial charge on any atom is 0.293 e. The van der Waals surface area contributed by atoms with Crippen LogP contribution in [0.15, 0.2) is 83.9 Å². The number of carbonyl (C=O) groups excluding carboxylic acids is 2. The minimum absolute atomic E-state index is 0.238. The second-order valence-electron chi connectivity index (χ2n) is 7.98. The van der Waals surface area contributed by atoms with Crippen LogP contribution in [-0.2, 0) is 11.3 Å². The van der Waals surface area contributed by atoms with Crippen LogP contribution in [-0.4, -0.2) is 20.6 Å². The average molecular weight is 439 g/mol. The lowest BCUT2D eigenvalue weighted by molar-refractivity contribution is -0.123. The minimum Gasteiger partial charge on any atom is -0.317 e. The molecule has 0 N–H and O–H groups in total. The molecular weight excluding hydrogens is 416 g/mol. The van der Waals surface area contributed by atoms with Crippen LogP contribution < -0.4 is 0 Å². The molecule has 3 aromatic carbocycles. The van der Waals surface area contributed by atoms with Gasteiger partial charge in [-0.15, -0.1) is 0 Å². The first-order chi connectivity index (χ1) is 15.5. The predicted molar refractivity (Wildman–Crippen MR) is 131 cm³/mol. The lowest BCUT2D eigenvalue weighted by Crippen LogP contribution is -2.27. The van der Waals surface area contributed by atoms with Gasteiger partial charge in [-0.05, 0) is 83.4 Å². The smallest absolute Gasteiger partial charge is 0.293 e. The molecule has 4 aromatic rings. The van der Waals surface area contributed by atoms with Gasteiger partial charge in [0.25, 0.3) is 11.1 Å². The monoisotopic (exact) mass is 438 g/mol. The van der Waals surface area contributed by atoms with Crippen LogP contribution in [0.3, 0.4) is 0 Å². The number of amides is 2. The quantitative estimate of drug-likeness (QED) is 0.342. The molecule has 0 unspecified atom stereocenters. The van der Waals surface area contributed by atoms with E-state index in [9.17, 15) is 9.59 Å². The van der Waals surface area contributed by atoms with Gasteiger partial charge in [-0.1, -0.05) is 48.5 Å². The Morgan fingerprint density at radius 2 is 1.69 bits per heavy atom. The third-order valence-corrected chi connectivity index (χ3v) is 6.82. The van der Waals surface area contributed by atoms with Gasteiger partial charge in [-0.25, -0.2) is 0 Å². The fourth-order valence-electron chi connectivity index (χ4n) is 3.99. The number of carbonyl (C=O) groups is 2. The summed E-state index contributed by atoms with van der Waals surface area (Å²) in [5.74, 6) is -0.249. The normalized spacial score (nSPS) is 15.3. The van der Waals surface area contributed by atoms with Crippen molar-refractivity contribution in [2.24, 2.45) is 0 Å². The largest absolute Gasteiger partial charge is 0.317 e. The number of aromatic nitrogens is 1. The Bertz CT molecular complexity index is 1390. The zero-order valence-corrected chi connectivity index (χ0v) is 18.7. The molecule has 0 aliphatic carbocycles. The molecule has 0 saturated carbocycles. The van der Waals surface area contributed by atoms with E-state index in [1.807, 2.05) is 71.4 Å². The highest BCUT2D eigenvalue weighted by Gasteiger charge is 2.35. The van der Waals surface area contributed by atoms with Crippen molar-refractivity contribution in [3.8, 4) is 5.69 Å². The van der Waals surface area contributed by atoms with E-state index in [0.717, 1.165) is 39.5 Å². The van der Waals surface area contributed by atoms with E-state index in [0.29, 0.717) is 4.91 Å². The Kier molecular flexibility index (Phi) is 5.19. The first kappa shape index (κ1) is 20.3. The Hall–Kier alpha value is -3.57. The summed E-state index contributed by atoms with van der Waals surface area (Å²) in [5.41, 5.74) is 5.29. The molecule has 5 heteroatoms. The molecule has 2 amide bonds. The Morgan fingerprint density at radius 1 is 0.875 bits per heavy atom. The third kappa shape index (κ3) is 3.65. The van der Waals surface area contributed by atoms with Crippen molar-refractivity contribution >= 4 is 39.8 Å². The molecule has 1 aliphatic rings. The molecular formula is C27H22N2O2S. The fraction of sp³-hybridized carbons (Fsp3) is 0.111. The van der Waals surface area contributed by atoms with Crippen molar-refractivity contribution in [3.05, 3.63) is 106 Å². The Balaban J connectivity index is 1.45. The lowest BCUT2D eigenvalue weighted by atomic mass is 10.0. The van der Waals surface area contributed by atoms with Crippen molar-refractivity contribution in [1.82, 2.24) is 9.47 Å². The van der Waals surface area contributed by atoms with Crippen LogP contribution in [0.4, 0.5) is 4.79 Å². The van der Waals surface area contributed by atoms with E-state index in [1.165, 1.54) is 16.0 Å². The molecule has 5 rings (SSSR count). The standard InChI is InChI=1S/C27H22N2O2S/c1-18-12-13-23(15-19(18)2)28-14-6-10-22(28)16-25-26(30)29(27(31)32-25)17-21-9-5-8-20-7-3-4-11-24(20)21/h3-16H,17H2,1-2H3/b25-16+. The van der Waals surface area contributed by atoms with Crippen LogP contribution in [0.5, 0.6) is 0 Å². The molecule has 4 nitrogen and oxygen atoms in total. The number of fused-ring (bicyclic) bond motifs is 1. The number of thioether (sulfide) groups is 1. The summed E-state index contributed by atoms with van der Waals surface area (Å²) in [6.45, 7) is 4.43. The molecule has 0 bridgehead atoms. The Labute approximate surface area is 191 Å². The second-order valence-corrected chi connectivity index (χ2v) is 8.97. The van der Waals surface area contributed by atoms with Gasteiger partial charge in [0.05, 0.1) is 11.4 Å². The summed E-state index contributed by atoms with van der Waals surface area (Å²) in [6, 6.07) is 24.2. The van der Waals surface area contributed by atoms with Crippen molar-refractivity contribution in [2.45, 2.75) is 20.4 Å². The average Bonchev–Trinajstić information content (AvgIpc) is 3.36.